The van der Waals surface area contributed by atoms with Gasteiger partial charge in [-0.2, -0.15) is 0 Å². The van der Waals surface area contributed by atoms with Crippen molar-refractivity contribution in [3.8, 4) is 22.3 Å². The second-order valence-electron chi connectivity index (χ2n) is 12.8. The van der Waals surface area contributed by atoms with E-state index in [-0.39, 0.29) is 0 Å². The number of furan rings is 2. The van der Waals surface area contributed by atoms with E-state index >= 15 is 0 Å². The summed E-state index contributed by atoms with van der Waals surface area (Å²) in [4.78, 5) is 0. The Morgan fingerprint density at radius 1 is 0.292 bits per heavy atom. The van der Waals surface area contributed by atoms with E-state index in [0.29, 0.717) is 0 Å². The van der Waals surface area contributed by atoms with E-state index < -0.39 is 0 Å². The molecule has 0 N–H and O–H groups in total. The lowest BCUT2D eigenvalue weighted by atomic mass is 9.84. The van der Waals surface area contributed by atoms with Crippen LogP contribution >= 0.6 is 0 Å². The van der Waals surface area contributed by atoms with Crippen LogP contribution in [0.2, 0.25) is 0 Å². The fourth-order valence-corrected chi connectivity index (χ4v) is 8.15. The van der Waals surface area contributed by atoms with Gasteiger partial charge >= 0.3 is 0 Å². The highest BCUT2D eigenvalue weighted by molar-refractivity contribution is 6.25. The molecule has 0 aliphatic carbocycles. The summed E-state index contributed by atoms with van der Waals surface area (Å²) < 4.78 is 12.8. The number of benzene rings is 9. The molecule has 9 aromatic carbocycles. The van der Waals surface area contributed by atoms with Crippen LogP contribution in [0.25, 0.3) is 109 Å². The molecule has 0 radical (unpaired) electrons. The Bertz CT molecular complexity index is 3060. The van der Waals surface area contributed by atoms with Gasteiger partial charge in [0.05, 0.1) is 0 Å². The van der Waals surface area contributed by atoms with Gasteiger partial charge in [0.15, 0.2) is 0 Å². The molecule has 2 aromatic heterocycles. The second kappa shape index (κ2) is 9.57. The predicted octanol–water partition coefficient (Wildman–Crippen LogP) is 13.4. The van der Waals surface area contributed by atoms with Crippen molar-refractivity contribution in [1.29, 1.82) is 0 Å². The number of hydrogen-bond donors (Lipinski definition) is 0. The monoisotopic (exact) mass is 610 g/mol. The van der Waals surface area contributed by atoms with Crippen molar-refractivity contribution < 1.29 is 8.83 Å². The van der Waals surface area contributed by atoms with Crippen molar-refractivity contribution in [2.24, 2.45) is 0 Å². The average Bonchev–Trinajstić information content (AvgIpc) is 3.69. The maximum Gasteiger partial charge on any atom is 0.139 e. The molecule has 0 fully saturated rings. The molecular weight excluding hydrogens is 585 g/mol. The van der Waals surface area contributed by atoms with Crippen molar-refractivity contribution in [1.82, 2.24) is 0 Å². The van der Waals surface area contributed by atoms with Crippen molar-refractivity contribution >= 4 is 87.0 Å². The van der Waals surface area contributed by atoms with Gasteiger partial charge in [0.2, 0.25) is 0 Å². The zero-order valence-electron chi connectivity index (χ0n) is 25.8. The van der Waals surface area contributed by atoms with Crippen LogP contribution in [0.15, 0.2) is 167 Å². The third kappa shape index (κ3) is 3.52. The average molecular weight is 611 g/mol. The summed E-state index contributed by atoms with van der Waals surface area (Å²) in [5.41, 5.74) is 8.38. The minimum Gasteiger partial charge on any atom is -0.456 e. The Morgan fingerprint density at radius 3 is 1.58 bits per heavy atom. The van der Waals surface area contributed by atoms with Gasteiger partial charge in [0, 0.05) is 27.6 Å². The molecule has 0 saturated heterocycles. The van der Waals surface area contributed by atoms with Crippen LogP contribution in [0.1, 0.15) is 0 Å². The molecular formula is C46H26O2. The molecule has 0 saturated carbocycles. The maximum absolute atomic E-state index is 6.47. The minimum absolute atomic E-state index is 0.832. The Labute approximate surface area is 275 Å². The summed E-state index contributed by atoms with van der Waals surface area (Å²) in [5.74, 6) is 0. The molecule has 0 spiro atoms. The minimum atomic E-state index is 0.832. The van der Waals surface area contributed by atoms with Gasteiger partial charge in [-0.3, -0.25) is 0 Å². The van der Waals surface area contributed by atoms with Gasteiger partial charge in [-0.25, -0.2) is 0 Å². The van der Waals surface area contributed by atoms with Gasteiger partial charge in [-0.05, 0) is 89.6 Å². The Morgan fingerprint density at radius 2 is 0.833 bits per heavy atom. The quantitative estimate of drug-likeness (QED) is 0.182. The fraction of sp³-hybridized carbons (Fsp3) is 0. The summed E-state index contributed by atoms with van der Waals surface area (Å²) in [6, 6.07) is 56.8. The first kappa shape index (κ1) is 25.8. The second-order valence-corrected chi connectivity index (χ2v) is 12.8. The maximum atomic E-state index is 6.47. The number of fused-ring (bicyclic) bond motifs is 11. The normalized spacial score (nSPS) is 12.2. The molecule has 0 unspecified atom stereocenters. The molecule has 0 aliphatic heterocycles. The van der Waals surface area contributed by atoms with Gasteiger partial charge in [-0.1, -0.05) is 127 Å². The summed E-state index contributed by atoms with van der Waals surface area (Å²) >= 11 is 0. The lowest BCUT2D eigenvalue weighted by Crippen LogP contribution is -1.91. The van der Waals surface area contributed by atoms with Gasteiger partial charge in [0.1, 0.15) is 22.3 Å². The van der Waals surface area contributed by atoms with Crippen LogP contribution in [0.3, 0.4) is 0 Å². The summed E-state index contributed by atoms with van der Waals surface area (Å²) in [6.45, 7) is 0. The van der Waals surface area contributed by atoms with Crippen LogP contribution in [-0.2, 0) is 0 Å². The fourth-order valence-electron chi connectivity index (χ4n) is 8.15. The van der Waals surface area contributed by atoms with Crippen LogP contribution < -0.4 is 0 Å². The predicted molar refractivity (Wildman–Crippen MR) is 202 cm³/mol. The third-order valence-corrected chi connectivity index (χ3v) is 10.2. The molecule has 0 atom stereocenters. The zero-order valence-corrected chi connectivity index (χ0v) is 25.8. The highest BCUT2D eigenvalue weighted by Gasteiger charge is 2.20. The number of rotatable bonds is 2. The van der Waals surface area contributed by atoms with E-state index in [2.05, 4.69) is 158 Å². The standard InChI is InChI=1S/C46H26O2/c1-3-13-30-27(10-1)12-9-19-32(30)45-35-17-7-5-15-33(35)44(34-16-6-8-18-36(34)45)29-21-22-40-37(24-29)38-25-39-43(26-42(38)47-40)48-41-23-20-28-11-2-4-14-31(28)46(39)41/h1-26H. The van der Waals surface area contributed by atoms with Crippen molar-refractivity contribution in [3.63, 3.8) is 0 Å². The van der Waals surface area contributed by atoms with E-state index in [0.717, 1.165) is 43.9 Å². The van der Waals surface area contributed by atoms with Crippen LogP contribution in [0, 0.1) is 0 Å². The molecule has 0 bridgehead atoms. The largest absolute Gasteiger partial charge is 0.456 e. The SMILES string of the molecule is c1ccc2c(-c3c4ccccc4c(-c4ccc5oc6cc7oc8ccc9ccccc9c8c7cc6c5c4)c4ccccc34)cccc2c1. The highest BCUT2D eigenvalue weighted by Crippen LogP contribution is 2.46. The van der Waals surface area contributed by atoms with Crippen molar-refractivity contribution in [2.45, 2.75) is 0 Å². The Kier molecular flexibility index (Phi) is 5.14. The van der Waals surface area contributed by atoms with Crippen LogP contribution in [0.4, 0.5) is 0 Å². The number of hydrogen-bond acceptors (Lipinski definition) is 2. The summed E-state index contributed by atoms with van der Waals surface area (Å²) in [6.07, 6.45) is 0. The first-order chi connectivity index (χ1) is 23.8. The lowest BCUT2D eigenvalue weighted by Gasteiger charge is -2.18. The van der Waals surface area contributed by atoms with Gasteiger partial charge < -0.3 is 8.83 Å². The Hall–Kier alpha value is -6.38. The van der Waals surface area contributed by atoms with E-state index in [1.807, 2.05) is 0 Å². The van der Waals surface area contributed by atoms with Gasteiger partial charge in [-0.15, -0.1) is 0 Å². The first-order valence-corrected chi connectivity index (χ1v) is 16.4. The highest BCUT2D eigenvalue weighted by atomic mass is 16.3. The van der Waals surface area contributed by atoms with E-state index in [1.54, 1.807) is 0 Å². The van der Waals surface area contributed by atoms with Crippen LogP contribution in [-0.4, -0.2) is 0 Å². The smallest absolute Gasteiger partial charge is 0.139 e. The van der Waals surface area contributed by atoms with Crippen molar-refractivity contribution in [2.75, 3.05) is 0 Å². The molecule has 2 nitrogen and oxygen atoms in total. The molecule has 11 aromatic rings. The molecule has 0 amide bonds. The molecule has 222 valence electrons. The van der Waals surface area contributed by atoms with E-state index in [9.17, 15) is 0 Å². The lowest BCUT2D eigenvalue weighted by molar-refractivity contribution is 0.656. The molecule has 0 aliphatic rings. The van der Waals surface area contributed by atoms with E-state index in [1.165, 1.54) is 65.3 Å². The topological polar surface area (TPSA) is 26.3 Å². The third-order valence-electron chi connectivity index (χ3n) is 10.2. The van der Waals surface area contributed by atoms with Crippen molar-refractivity contribution in [3.05, 3.63) is 158 Å². The van der Waals surface area contributed by atoms with Gasteiger partial charge in [0.25, 0.3) is 0 Å². The first-order valence-electron chi connectivity index (χ1n) is 16.4. The molecule has 2 heterocycles. The molecule has 11 rings (SSSR count). The Balaban J connectivity index is 1.21. The van der Waals surface area contributed by atoms with E-state index in [4.69, 9.17) is 8.83 Å². The summed E-state index contributed by atoms with van der Waals surface area (Å²) in [5, 5.41) is 14.3. The molecule has 2 heteroatoms. The molecule has 48 heavy (non-hydrogen) atoms. The zero-order chi connectivity index (χ0) is 31.3. The summed E-state index contributed by atoms with van der Waals surface area (Å²) in [7, 11) is 0. The van der Waals surface area contributed by atoms with Crippen LogP contribution in [0.5, 0.6) is 0 Å².